The van der Waals surface area contributed by atoms with Crippen LogP contribution in [0.5, 0.6) is 0 Å². The summed E-state index contributed by atoms with van der Waals surface area (Å²) in [4.78, 5) is 19.3. The predicted octanol–water partition coefficient (Wildman–Crippen LogP) is 3.83. The summed E-state index contributed by atoms with van der Waals surface area (Å²) in [7, 11) is 1.93. The lowest BCUT2D eigenvalue weighted by Crippen LogP contribution is -2.30. The molecular weight excluding hydrogens is 357 g/mol. The Hall–Kier alpha value is -2.99. The number of aromatic nitrogens is 1. The van der Waals surface area contributed by atoms with Crippen molar-refractivity contribution in [2.75, 3.05) is 26.7 Å². The number of carbonyl (C=O) groups is 1. The van der Waals surface area contributed by atoms with Gasteiger partial charge in [0.05, 0.1) is 17.3 Å². The minimum atomic E-state index is -0.373. The van der Waals surface area contributed by atoms with Crippen LogP contribution in [-0.2, 0) is 0 Å². The lowest BCUT2D eigenvalue weighted by atomic mass is 10.1. The number of carbonyl (C=O) groups excluding carboxylic acids is 1. The van der Waals surface area contributed by atoms with E-state index in [1.54, 1.807) is 24.3 Å². The minimum Gasteiger partial charge on any atom is -0.436 e. The standard InChI is InChI=1S/C22H22FN3O2/c1-24-12-15-10-11-26(14-15)22(27)17-7-3-2-6-16(17)21-25-13-20(28-21)18-8-4-5-9-19(18)23/h2-9,13,15,24H,10-12,14H2,1H3. The van der Waals surface area contributed by atoms with E-state index in [4.69, 9.17) is 4.42 Å². The van der Waals surface area contributed by atoms with Crippen molar-refractivity contribution in [1.82, 2.24) is 15.2 Å². The Kier molecular flexibility index (Phi) is 5.21. The number of nitrogens with one attached hydrogen (secondary N) is 1. The van der Waals surface area contributed by atoms with Gasteiger partial charge in [0.15, 0.2) is 5.76 Å². The molecule has 28 heavy (non-hydrogen) atoms. The van der Waals surface area contributed by atoms with E-state index >= 15 is 0 Å². The predicted molar refractivity (Wildman–Crippen MR) is 105 cm³/mol. The van der Waals surface area contributed by atoms with Crippen molar-refractivity contribution >= 4 is 5.91 Å². The number of amides is 1. The molecule has 1 fully saturated rings. The van der Waals surface area contributed by atoms with Gasteiger partial charge in [-0.05, 0) is 50.2 Å². The van der Waals surface area contributed by atoms with Crippen molar-refractivity contribution in [3.8, 4) is 22.8 Å². The molecule has 6 heteroatoms. The van der Waals surface area contributed by atoms with E-state index in [2.05, 4.69) is 10.3 Å². The van der Waals surface area contributed by atoms with E-state index in [-0.39, 0.29) is 11.7 Å². The molecule has 1 saturated heterocycles. The molecule has 0 aliphatic carbocycles. The molecule has 1 aliphatic rings. The van der Waals surface area contributed by atoms with Gasteiger partial charge in [-0.3, -0.25) is 4.79 Å². The fourth-order valence-corrected chi connectivity index (χ4v) is 3.68. The van der Waals surface area contributed by atoms with Gasteiger partial charge >= 0.3 is 0 Å². The maximum Gasteiger partial charge on any atom is 0.254 e. The number of nitrogens with zero attached hydrogens (tertiary/aromatic N) is 2. The van der Waals surface area contributed by atoms with Crippen LogP contribution in [0.25, 0.3) is 22.8 Å². The zero-order valence-electron chi connectivity index (χ0n) is 15.7. The molecule has 1 aromatic heterocycles. The van der Waals surface area contributed by atoms with Crippen molar-refractivity contribution in [2.45, 2.75) is 6.42 Å². The molecule has 2 heterocycles. The smallest absolute Gasteiger partial charge is 0.254 e. The third-order valence-electron chi connectivity index (χ3n) is 5.10. The number of likely N-dealkylation sites (tertiary alicyclic amines) is 1. The van der Waals surface area contributed by atoms with E-state index in [1.807, 2.05) is 30.1 Å². The van der Waals surface area contributed by atoms with Crippen LogP contribution in [0.2, 0.25) is 0 Å². The highest BCUT2D eigenvalue weighted by molar-refractivity contribution is 6.00. The van der Waals surface area contributed by atoms with E-state index in [9.17, 15) is 9.18 Å². The first-order chi connectivity index (χ1) is 13.7. The molecule has 1 atom stereocenters. The molecular formula is C22H22FN3O2. The normalized spacial score (nSPS) is 16.5. The zero-order chi connectivity index (χ0) is 19.5. The zero-order valence-corrected chi connectivity index (χ0v) is 15.7. The van der Waals surface area contributed by atoms with Crippen LogP contribution in [-0.4, -0.2) is 42.5 Å². The van der Waals surface area contributed by atoms with Crippen LogP contribution in [0.15, 0.2) is 59.1 Å². The lowest BCUT2D eigenvalue weighted by Gasteiger charge is -2.18. The number of hydrogen-bond donors (Lipinski definition) is 1. The highest BCUT2D eigenvalue weighted by atomic mass is 19.1. The summed E-state index contributed by atoms with van der Waals surface area (Å²) in [6, 6.07) is 13.7. The van der Waals surface area contributed by atoms with E-state index < -0.39 is 0 Å². The van der Waals surface area contributed by atoms with Crippen LogP contribution >= 0.6 is 0 Å². The van der Waals surface area contributed by atoms with Crippen LogP contribution < -0.4 is 5.32 Å². The van der Waals surface area contributed by atoms with Crippen LogP contribution in [0, 0.1) is 11.7 Å². The summed E-state index contributed by atoms with van der Waals surface area (Å²) in [6.45, 7) is 2.38. The van der Waals surface area contributed by atoms with Gasteiger partial charge in [0.1, 0.15) is 5.82 Å². The fraction of sp³-hybridized carbons (Fsp3) is 0.273. The first kappa shape index (κ1) is 18.4. The monoisotopic (exact) mass is 379 g/mol. The number of halogens is 1. The molecule has 1 unspecified atom stereocenters. The molecule has 4 rings (SSSR count). The quantitative estimate of drug-likeness (QED) is 0.732. The highest BCUT2D eigenvalue weighted by Crippen LogP contribution is 2.30. The van der Waals surface area contributed by atoms with Gasteiger partial charge in [0.25, 0.3) is 5.91 Å². The maximum atomic E-state index is 14.0. The minimum absolute atomic E-state index is 0.0279. The first-order valence-corrected chi connectivity index (χ1v) is 9.41. The summed E-state index contributed by atoms with van der Waals surface area (Å²) in [6.07, 6.45) is 2.49. The third-order valence-corrected chi connectivity index (χ3v) is 5.10. The second-order valence-electron chi connectivity index (χ2n) is 7.02. The van der Waals surface area contributed by atoms with Gasteiger partial charge in [0, 0.05) is 18.7 Å². The Labute approximate surface area is 163 Å². The molecule has 0 saturated carbocycles. The van der Waals surface area contributed by atoms with Gasteiger partial charge < -0.3 is 14.6 Å². The number of benzene rings is 2. The van der Waals surface area contributed by atoms with Crippen LogP contribution in [0.1, 0.15) is 16.8 Å². The molecule has 0 bridgehead atoms. The van der Waals surface area contributed by atoms with Crippen LogP contribution in [0.3, 0.4) is 0 Å². The van der Waals surface area contributed by atoms with Crippen molar-refractivity contribution in [3.05, 3.63) is 66.1 Å². The van der Waals surface area contributed by atoms with Gasteiger partial charge in [-0.2, -0.15) is 0 Å². The Morgan fingerprint density at radius 2 is 1.96 bits per heavy atom. The Balaban J connectivity index is 1.62. The summed E-state index contributed by atoms with van der Waals surface area (Å²) < 4.78 is 19.9. The highest BCUT2D eigenvalue weighted by Gasteiger charge is 2.28. The average Bonchev–Trinajstić information content (AvgIpc) is 3.38. The van der Waals surface area contributed by atoms with Gasteiger partial charge in [-0.1, -0.05) is 24.3 Å². The molecule has 144 valence electrons. The van der Waals surface area contributed by atoms with E-state index in [0.29, 0.717) is 34.3 Å². The lowest BCUT2D eigenvalue weighted by molar-refractivity contribution is 0.0787. The Morgan fingerprint density at radius 3 is 2.75 bits per heavy atom. The Morgan fingerprint density at radius 1 is 1.21 bits per heavy atom. The molecule has 0 radical (unpaired) electrons. The SMILES string of the molecule is CNCC1CCN(C(=O)c2ccccc2-c2ncc(-c3ccccc3F)o2)C1. The van der Waals surface area contributed by atoms with E-state index in [1.165, 1.54) is 12.3 Å². The summed E-state index contributed by atoms with van der Waals surface area (Å²) in [5.74, 6) is 0.719. The molecule has 1 aliphatic heterocycles. The molecule has 5 nitrogen and oxygen atoms in total. The number of oxazole rings is 1. The third kappa shape index (κ3) is 3.55. The van der Waals surface area contributed by atoms with Crippen molar-refractivity contribution in [1.29, 1.82) is 0 Å². The second kappa shape index (κ2) is 7.94. The maximum absolute atomic E-state index is 14.0. The van der Waals surface area contributed by atoms with Crippen molar-refractivity contribution < 1.29 is 13.6 Å². The van der Waals surface area contributed by atoms with E-state index in [0.717, 1.165) is 26.1 Å². The molecule has 1 amide bonds. The summed E-state index contributed by atoms with van der Waals surface area (Å²) in [5, 5.41) is 3.18. The second-order valence-corrected chi connectivity index (χ2v) is 7.02. The molecule has 0 spiro atoms. The van der Waals surface area contributed by atoms with Gasteiger partial charge in [-0.15, -0.1) is 0 Å². The van der Waals surface area contributed by atoms with Gasteiger partial charge in [-0.25, -0.2) is 9.37 Å². The molecule has 1 N–H and O–H groups in total. The number of rotatable bonds is 5. The van der Waals surface area contributed by atoms with Crippen molar-refractivity contribution in [3.63, 3.8) is 0 Å². The van der Waals surface area contributed by atoms with Gasteiger partial charge in [0.2, 0.25) is 5.89 Å². The van der Waals surface area contributed by atoms with Crippen LogP contribution in [0.4, 0.5) is 4.39 Å². The largest absolute Gasteiger partial charge is 0.436 e. The molecule has 2 aromatic carbocycles. The number of hydrogen-bond acceptors (Lipinski definition) is 4. The first-order valence-electron chi connectivity index (χ1n) is 9.41. The topological polar surface area (TPSA) is 58.4 Å². The average molecular weight is 379 g/mol. The summed E-state index contributed by atoms with van der Waals surface area (Å²) >= 11 is 0. The summed E-state index contributed by atoms with van der Waals surface area (Å²) in [5.41, 5.74) is 1.52. The van der Waals surface area contributed by atoms with Crippen molar-refractivity contribution in [2.24, 2.45) is 5.92 Å². The molecule has 3 aromatic rings. The fourth-order valence-electron chi connectivity index (χ4n) is 3.68. The Bertz CT molecular complexity index is 985.